The third-order valence-electron chi connectivity index (χ3n) is 2.62. The van der Waals surface area contributed by atoms with Gasteiger partial charge in [0.15, 0.2) is 11.5 Å². The van der Waals surface area contributed by atoms with E-state index in [0.717, 1.165) is 26.4 Å². The summed E-state index contributed by atoms with van der Waals surface area (Å²) in [5.41, 5.74) is 6.71. The topological polar surface area (TPSA) is 44.5 Å². The minimum absolute atomic E-state index is 0.432. The monoisotopic (exact) mass is 341 g/mol. The fraction of sp³-hybridized carbons (Fsp3) is 0.286. The molecule has 0 radical (unpaired) electrons. The summed E-state index contributed by atoms with van der Waals surface area (Å²) in [6.07, 6.45) is 0. The average Bonchev–Trinajstić information content (AvgIpc) is 2.83. The second-order valence-corrected chi connectivity index (χ2v) is 5.72. The van der Waals surface area contributed by atoms with Crippen LogP contribution in [0.4, 0.5) is 0 Å². The van der Waals surface area contributed by atoms with Crippen molar-refractivity contribution in [2.45, 2.75) is 20.1 Å². The number of para-hydroxylation sites is 1. The summed E-state index contributed by atoms with van der Waals surface area (Å²) in [6, 6.07) is 7.81. The van der Waals surface area contributed by atoms with E-state index in [0.29, 0.717) is 19.8 Å². The molecule has 19 heavy (non-hydrogen) atoms. The Morgan fingerprint density at radius 2 is 2.11 bits per heavy atom. The van der Waals surface area contributed by atoms with Crippen LogP contribution >= 0.6 is 27.3 Å². The first kappa shape index (κ1) is 14.4. The van der Waals surface area contributed by atoms with Crippen LogP contribution in [-0.4, -0.2) is 6.61 Å². The maximum Gasteiger partial charge on any atom is 0.166 e. The summed E-state index contributed by atoms with van der Waals surface area (Å²) in [4.78, 5) is 1.15. The largest absolute Gasteiger partial charge is 0.490 e. The fourth-order valence-electron chi connectivity index (χ4n) is 1.72. The number of ether oxygens (including phenoxy) is 2. The molecule has 0 saturated carbocycles. The maximum absolute atomic E-state index is 5.91. The molecule has 2 N–H and O–H groups in total. The molecule has 1 aromatic carbocycles. The lowest BCUT2D eigenvalue weighted by molar-refractivity contribution is 0.268. The third kappa shape index (κ3) is 3.49. The molecule has 0 fully saturated rings. The number of thiophene rings is 1. The first-order valence-corrected chi connectivity index (χ1v) is 7.73. The van der Waals surface area contributed by atoms with Gasteiger partial charge in [-0.25, -0.2) is 0 Å². The van der Waals surface area contributed by atoms with Gasteiger partial charge < -0.3 is 15.2 Å². The summed E-state index contributed by atoms with van der Waals surface area (Å²) in [5.74, 6) is 1.49. The van der Waals surface area contributed by atoms with Crippen molar-refractivity contribution in [2.75, 3.05) is 6.61 Å². The van der Waals surface area contributed by atoms with E-state index >= 15 is 0 Å². The molecular formula is C14H16BrNO2S. The van der Waals surface area contributed by atoms with E-state index in [9.17, 15) is 0 Å². The predicted octanol–water partition coefficient (Wildman–Crippen LogP) is 3.95. The van der Waals surface area contributed by atoms with Crippen molar-refractivity contribution in [1.82, 2.24) is 0 Å². The molecule has 0 aliphatic carbocycles. The minimum Gasteiger partial charge on any atom is -0.490 e. The van der Waals surface area contributed by atoms with Gasteiger partial charge in [-0.15, -0.1) is 11.3 Å². The van der Waals surface area contributed by atoms with Crippen molar-refractivity contribution in [1.29, 1.82) is 0 Å². The maximum atomic E-state index is 5.91. The number of rotatable bonds is 6. The lowest BCUT2D eigenvalue weighted by Gasteiger charge is -2.14. The second-order valence-electron chi connectivity index (χ2n) is 3.86. The molecule has 1 heterocycles. The molecule has 2 aromatic rings. The van der Waals surface area contributed by atoms with Crippen LogP contribution in [0.15, 0.2) is 34.1 Å². The van der Waals surface area contributed by atoms with Gasteiger partial charge in [-0.2, -0.15) is 0 Å². The zero-order valence-electron chi connectivity index (χ0n) is 10.7. The molecule has 0 aliphatic heterocycles. The van der Waals surface area contributed by atoms with Crippen molar-refractivity contribution in [3.63, 3.8) is 0 Å². The molecule has 3 nitrogen and oxygen atoms in total. The van der Waals surface area contributed by atoms with E-state index in [2.05, 4.69) is 15.9 Å². The van der Waals surface area contributed by atoms with E-state index < -0.39 is 0 Å². The zero-order chi connectivity index (χ0) is 13.7. The van der Waals surface area contributed by atoms with Gasteiger partial charge in [0.25, 0.3) is 0 Å². The SMILES string of the molecule is CCOc1cccc(CN)c1OCc1sccc1Br. The number of nitrogens with two attached hydrogens (primary N) is 1. The number of benzene rings is 1. The highest BCUT2D eigenvalue weighted by molar-refractivity contribution is 9.10. The fourth-order valence-corrected chi connectivity index (χ4v) is 3.10. The second kappa shape index (κ2) is 6.93. The van der Waals surface area contributed by atoms with E-state index in [-0.39, 0.29) is 0 Å². The lowest BCUT2D eigenvalue weighted by Crippen LogP contribution is -2.05. The van der Waals surface area contributed by atoms with Crippen LogP contribution in [0.5, 0.6) is 11.5 Å². The predicted molar refractivity (Wildman–Crippen MR) is 81.9 cm³/mol. The molecule has 1 aromatic heterocycles. The van der Waals surface area contributed by atoms with Crippen LogP contribution in [0.25, 0.3) is 0 Å². The molecule has 2 rings (SSSR count). The molecular weight excluding hydrogens is 326 g/mol. The summed E-state index contributed by atoms with van der Waals surface area (Å²) < 4.78 is 12.6. The van der Waals surface area contributed by atoms with Crippen LogP contribution in [0, 0.1) is 0 Å². The van der Waals surface area contributed by atoms with Crippen LogP contribution < -0.4 is 15.2 Å². The van der Waals surface area contributed by atoms with E-state index in [1.54, 1.807) is 11.3 Å². The standard InChI is InChI=1S/C14H16BrNO2S/c1-2-17-12-5-3-4-10(8-16)14(12)18-9-13-11(15)6-7-19-13/h3-7H,2,8-9,16H2,1H3. The third-order valence-corrected chi connectivity index (χ3v) is 4.52. The molecule has 102 valence electrons. The Kier molecular flexibility index (Phi) is 5.24. The van der Waals surface area contributed by atoms with Gasteiger partial charge in [0.2, 0.25) is 0 Å². The van der Waals surface area contributed by atoms with Gasteiger partial charge in [-0.3, -0.25) is 0 Å². The Morgan fingerprint density at radius 3 is 2.74 bits per heavy atom. The van der Waals surface area contributed by atoms with Crippen LogP contribution in [0.2, 0.25) is 0 Å². The van der Waals surface area contributed by atoms with Crippen LogP contribution in [-0.2, 0) is 13.2 Å². The summed E-state index contributed by atoms with van der Waals surface area (Å²) in [7, 11) is 0. The first-order valence-electron chi connectivity index (χ1n) is 6.05. The lowest BCUT2D eigenvalue weighted by atomic mass is 10.2. The molecule has 0 atom stereocenters. The minimum atomic E-state index is 0.432. The molecule has 0 spiro atoms. The molecule has 0 bridgehead atoms. The molecule has 0 aliphatic rings. The zero-order valence-corrected chi connectivity index (χ0v) is 13.1. The van der Waals surface area contributed by atoms with Gasteiger partial charge >= 0.3 is 0 Å². The molecule has 0 saturated heterocycles. The highest BCUT2D eigenvalue weighted by atomic mass is 79.9. The van der Waals surface area contributed by atoms with E-state index in [1.807, 2.05) is 36.6 Å². The quantitative estimate of drug-likeness (QED) is 0.865. The van der Waals surface area contributed by atoms with Gasteiger partial charge in [0.1, 0.15) is 6.61 Å². The number of hydrogen-bond donors (Lipinski definition) is 1. The Bertz CT molecular complexity index is 542. The van der Waals surface area contributed by atoms with Crippen LogP contribution in [0.1, 0.15) is 17.4 Å². The van der Waals surface area contributed by atoms with Crippen molar-refractivity contribution in [2.24, 2.45) is 5.73 Å². The highest BCUT2D eigenvalue weighted by Gasteiger charge is 2.11. The summed E-state index contributed by atoms with van der Waals surface area (Å²) in [5, 5.41) is 2.03. The van der Waals surface area contributed by atoms with Gasteiger partial charge in [0.05, 0.1) is 11.5 Å². The Balaban J connectivity index is 2.20. The van der Waals surface area contributed by atoms with Gasteiger partial charge in [-0.1, -0.05) is 12.1 Å². The van der Waals surface area contributed by atoms with Gasteiger partial charge in [0, 0.05) is 16.6 Å². The smallest absolute Gasteiger partial charge is 0.166 e. The number of hydrogen-bond acceptors (Lipinski definition) is 4. The van der Waals surface area contributed by atoms with Crippen molar-refractivity contribution in [3.8, 4) is 11.5 Å². The highest BCUT2D eigenvalue weighted by Crippen LogP contribution is 2.33. The Hall–Kier alpha value is -1.04. The summed E-state index contributed by atoms with van der Waals surface area (Å²) >= 11 is 5.16. The van der Waals surface area contributed by atoms with E-state index in [4.69, 9.17) is 15.2 Å². The molecule has 5 heteroatoms. The normalized spacial score (nSPS) is 10.5. The average molecular weight is 342 g/mol. The first-order chi connectivity index (χ1) is 9.26. The molecule has 0 unspecified atom stereocenters. The van der Waals surface area contributed by atoms with Crippen molar-refractivity contribution >= 4 is 27.3 Å². The van der Waals surface area contributed by atoms with E-state index in [1.165, 1.54) is 0 Å². The summed E-state index contributed by atoms with van der Waals surface area (Å²) in [6.45, 7) is 3.50. The Morgan fingerprint density at radius 1 is 1.26 bits per heavy atom. The van der Waals surface area contributed by atoms with Crippen LogP contribution in [0.3, 0.4) is 0 Å². The van der Waals surface area contributed by atoms with Crippen molar-refractivity contribution in [3.05, 3.63) is 44.6 Å². The molecule has 0 amide bonds. The van der Waals surface area contributed by atoms with Crippen molar-refractivity contribution < 1.29 is 9.47 Å². The Labute approximate surface area is 125 Å². The van der Waals surface area contributed by atoms with Gasteiger partial charge in [-0.05, 0) is 40.4 Å². The number of halogens is 1.